The van der Waals surface area contributed by atoms with Crippen LogP contribution in [0.25, 0.3) is 33.4 Å². The molecule has 68 heavy (non-hydrogen) atoms. The number of nitrogens with one attached hydrogen (secondary N) is 2. The summed E-state index contributed by atoms with van der Waals surface area (Å²) in [4.78, 5) is 34.0. The molecule has 14 heteroatoms. The van der Waals surface area contributed by atoms with Crippen LogP contribution in [0, 0.1) is 31.5 Å². The first-order chi connectivity index (χ1) is 33.0. The number of ether oxygens (including phenoxy) is 4. The van der Waals surface area contributed by atoms with Gasteiger partial charge in [0.05, 0.1) is 29.5 Å². The average molecular weight is 988 g/mol. The molecule has 356 valence electrons. The van der Waals surface area contributed by atoms with E-state index < -0.39 is 5.82 Å². The molecule has 2 aliphatic rings. The van der Waals surface area contributed by atoms with Crippen LogP contribution in [0.4, 0.5) is 15.8 Å². The second-order valence-corrected chi connectivity index (χ2v) is 18.5. The molecule has 2 saturated heterocycles. The summed E-state index contributed by atoms with van der Waals surface area (Å²) in [6.07, 6.45) is 9.76. The van der Waals surface area contributed by atoms with Gasteiger partial charge in [-0.2, -0.15) is 0 Å². The zero-order chi connectivity index (χ0) is 47.7. The van der Waals surface area contributed by atoms with Gasteiger partial charge in [-0.05, 0) is 130 Å². The molecule has 2 aromatic heterocycles. The van der Waals surface area contributed by atoms with Crippen molar-refractivity contribution in [3.05, 3.63) is 124 Å². The van der Waals surface area contributed by atoms with Gasteiger partial charge in [-0.15, -0.1) is 0 Å². The third-order valence-electron chi connectivity index (χ3n) is 12.8. The molecule has 2 aliphatic heterocycles. The molecule has 0 saturated carbocycles. The first-order valence-electron chi connectivity index (χ1n) is 23.6. The Morgan fingerprint density at radius 1 is 0.706 bits per heavy atom. The van der Waals surface area contributed by atoms with E-state index in [1.54, 1.807) is 18.5 Å². The molecular formula is C54H60BrFN6O6. The molecule has 0 aliphatic carbocycles. The van der Waals surface area contributed by atoms with E-state index >= 15 is 0 Å². The number of ketones is 2. The number of carbonyl (C=O) groups excluding carboxylic acids is 2. The summed E-state index contributed by atoms with van der Waals surface area (Å²) in [5.74, 6) is 2.04. The molecule has 0 spiro atoms. The van der Waals surface area contributed by atoms with Crippen molar-refractivity contribution < 1.29 is 32.9 Å². The Bertz CT molecular complexity index is 2900. The SMILES string of the molecule is CCC(=O)c1ccc(-n2cnc3c(NCC4CCOCC4)cc(Oc4ccc(OC)c(F)c4)cc32)cc1C.CCCC(=O)c1ccc(-n2cnc3c(NCC4CCOCC4)cc(Br)cc32)cc1C. The fourth-order valence-corrected chi connectivity index (χ4v) is 9.39. The largest absolute Gasteiger partial charge is 0.494 e. The molecule has 4 heterocycles. The van der Waals surface area contributed by atoms with Crippen molar-refractivity contribution in [2.75, 3.05) is 57.3 Å². The minimum atomic E-state index is -0.494. The van der Waals surface area contributed by atoms with E-state index in [0.717, 1.165) is 143 Å². The summed E-state index contributed by atoms with van der Waals surface area (Å²) in [5, 5.41) is 7.18. The molecule has 2 N–H and O–H groups in total. The minimum absolute atomic E-state index is 0.117. The smallest absolute Gasteiger partial charge is 0.168 e. The summed E-state index contributed by atoms with van der Waals surface area (Å²) in [7, 11) is 1.43. The number of aryl methyl sites for hydroxylation is 2. The van der Waals surface area contributed by atoms with Crippen LogP contribution in [-0.2, 0) is 9.47 Å². The lowest BCUT2D eigenvalue weighted by Gasteiger charge is -2.23. The number of methoxy groups -OCH3 is 1. The summed E-state index contributed by atoms with van der Waals surface area (Å²) in [6.45, 7) is 12.8. The zero-order valence-electron chi connectivity index (χ0n) is 39.5. The van der Waals surface area contributed by atoms with Gasteiger partial charge in [-0.25, -0.2) is 14.4 Å². The molecule has 5 aromatic carbocycles. The third kappa shape index (κ3) is 11.3. The molecule has 0 atom stereocenters. The van der Waals surface area contributed by atoms with E-state index in [2.05, 4.69) is 49.3 Å². The number of fused-ring (bicyclic) bond motifs is 2. The first kappa shape index (κ1) is 48.4. The van der Waals surface area contributed by atoms with Crippen molar-refractivity contribution in [1.82, 2.24) is 19.1 Å². The molecule has 12 nitrogen and oxygen atoms in total. The second kappa shape index (κ2) is 22.3. The maximum absolute atomic E-state index is 14.3. The number of hydrogen-bond donors (Lipinski definition) is 2. The number of halogens is 2. The highest BCUT2D eigenvalue weighted by Crippen LogP contribution is 2.35. The van der Waals surface area contributed by atoms with Crippen LogP contribution in [0.5, 0.6) is 17.2 Å². The predicted octanol–water partition coefficient (Wildman–Crippen LogP) is 12.6. The van der Waals surface area contributed by atoms with E-state index in [4.69, 9.17) is 28.9 Å². The number of nitrogens with zero attached hydrogens (tertiary/aromatic N) is 4. The highest BCUT2D eigenvalue weighted by atomic mass is 79.9. The Labute approximate surface area is 405 Å². The van der Waals surface area contributed by atoms with E-state index in [1.165, 1.54) is 13.2 Å². The number of rotatable bonds is 16. The van der Waals surface area contributed by atoms with Gasteiger partial charge in [0.1, 0.15) is 35.2 Å². The van der Waals surface area contributed by atoms with Crippen LogP contribution in [0.3, 0.4) is 0 Å². The summed E-state index contributed by atoms with van der Waals surface area (Å²) >= 11 is 3.66. The Balaban J connectivity index is 0.000000189. The monoisotopic (exact) mass is 986 g/mol. The maximum atomic E-state index is 14.3. The molecule has 0 bridgehead atoms. The van der Waals surface area contributed by atoms with Gasteiger partial charge >= 0.3 is 0 Å². The predicted molar refractivity (Wildman–Crippen MR) is 270 cm³/mol. The molecule has 0 amide bonds. The van der Waals surface area contributed by atoms with E-state index in [9.17, 15) is 14.0 Å². The Morgan fingerprint density at radius 2 is 1.25 bits per heavy atom. The Kier molecular flexibility index (Phi) is 15.9. The van der Waals surface area contributed by atoms with Gasteiger partial charge in [0, 0.05) is 97.5 Å². The summed E-state index contributed by atoms with van der Waals surface area (Å²) in [5.41, 5.74) is 10.8. The summed E-state index contributed by atoms with van der Waals surface area (Å²) < 4.78 is 41.5. The number of anilines is 2. The van der Waals surface area contributed by atoms with Gasteiger partial charge in [0.2, 0.25) is 0 Å². The van der Waals surface area contributed by atoms with Crippen LogP contribution < -0.4 is 20.1 Å². The van der Waals surface area contributed by atoms with Crippen LogP contribution >= 0.6 is 15.9 Å². The number of imidazole rings is 2. The van der Waals surface area contributed by atoms with Crippen LogP contribution in [0.2, 0.25) is 0 Å². The standard InChI is InChI=1S/C30H32FN3O4.C24H28BrN3O2/c1-4-28(35)24-7-5-21(13-19(24)2)34-18-33-30-26(32-17-20-9-11-37-12-10-20)15-23(16-27(30)34)38-22-6-8-29(36-3)25(31)14-22;1-3-4-23(29)20-6-5-19(11-16(20)2)28-15-27-24-21(12-18(25)13-22(24)28)26-14-17-7-9-30-10-8-17/h5-8,13-16,18,20,32H,4,9-12,17H2,1-3H3;5-6,11-13,15,17,26H,3-4,7-10,14H2,1-2H3. The van der Waals surface area contributed by atoms with Crippen molar-refractivity contribution in [2.45, 2.75) is 72.6 Å². The average Bonchev–Trinajstić information content (AvgIpc) is 3.98. The lowest BCUT2D eigenvalue weighted by atomic mass is 10.0. The topological polar surface area (TPSA) is 131 Å². The van der Waals surface area contributed by atoms with Crippen LogP contribution in [-0.4, -0.2) is 77.3 Å². The van der Waals surface area contributed by atoms with E-state index in [1.807, 2.05) is 81.1 Å². The van der Waals surface area contributed by atoms with E-state index in [0.29, 0.717) is 36.2 Å². The van der Waals surface area contributed by atoms with Gasteiger partial charge in [0.25, 0.3) is 0 Å². The highest BCUT2D eigenvalue weighted by molar-refractivity contribution is 9.10. The van der Waals surface area contributed by atoms with Crippen molar-refractivity contribution in [1.29, 1.82) is 0 Å². The second-order valence-electron chi connectivity index (χ2n) is 17.6. The fourth-order valence-electron chi connectivity index (χ4n) is 8.94. The maximum Gasteiger partial charge on any atom is 0.168 e. The molecular weight excluding hydrogens is 928 g/mol. The number of aromatic nitrogens is 4. The summed E-state index contributed by atoms with van der Waals surface area (Å²) in [6, 6.07) is 24.3. The highest BCUT2D eigenvalue weighted by Gasteiger charge is 2.20. The van der Waals surface area contributed by atoms with Crippen molar-refractivity contribution >= 4 is 60.9 Å². The number of benzene rings is 5. The van der Waals surface area contributed by atoms with Crippen LogP contribution in [0.1, 0.15) is 90.6 Å². The lowest BCUT2D eigenvalue weighted by Crippen LogP contribution is -2.22. The van der Waals surface area contributed by atoms with Crippen LogP contribution in [0.15, 0.2) is 96.0 Å². The minimum Gasteiger partial charge on any atom is -0.494 e. The zero-order valence-corrected chi connectivity index (χ0v) is 41.1. The Morgan fingerprint density at radius 3 is 1.76 bits per heavy atom. The first-order valence-corrected chi connectivity index (χ1v) is 24.4. The number of carbonyl (C=O) groups is 2. The van der Waals surface area contributed by atoms with Crippen molar-refractivity contribution in [3.63, 3.8) is 0 Å². The van der Waals surface area contributed by atoms with Gasteiger partial charge in [-0.1, -0.05) is 29.8 Å². The lowest BCUT2D eigenvalue weighted by molar-refractivity contribution is 0.0698. The fraction of sp³-hybridized carbons (Fsp3) is 0.370. The van der Waals surface area contributed by atoms with Crippen molar-refractivity contribution in [2.24, 2.45) is 11.8 Å². The number of Topliss-reactive ketones (excluding diaryl/α,β-unsaturated/α-hetero) is 2. The normalized spacial score (nSPS) is 14.4. The van der Waals surface area contributed by atoms with Gasteiger partial charge < -0.3 is 29.6 Å². The third-order valence-corrected chi connectivity index (χ3v) is 13.3. The van der Waals surface area contributed by atoms with Gasteiger partial charge in [0.15, 0.2) is 23.1 Å². The quantitative estimate of drug-likeness (QED) is 0.0902. The Hall–Kier alpha value is -6.09. The van der Waals surface area contributed by atoms with E-state index in [-0.39, 0.29) is 17.3 Å². The van der Waals surface area contributed by atoms with Crippen molar-refractivity contribution in [3.8, 4) is 28.6 Å². The molecule has 9 rings (SSSR count). The molecule has 0 unspecified atom stereocenters. The molecule has 7 aromatic rings. The van der Waals surface area contributed by atoms with Gasteiger partial charge in [-0.3, -0.25) is 18.7 Å². The molecule has 0 radical (unpaired) electrons. The number of hydrogen-bond acceptors (Lipinski definition) is 10. The molecule has 2 fully saturated rings.